The molecule has 74 valence electrons. The molecular formula is C8H15N3OS. The van der Waals surface area contributed by atoms with Crippen molar-refractivity contribution < 1.29 is 4.79 Å². The molecule has 1 aliphatic heterocycles. The topological polar surface area (TPSA) is 53.5 Å². The maximum atomic E-state index is 10.9. The van der Waals surface area contributed by atoms with Gasteiger partial charge in [0.2, 0.25) is 5.91 Å². The Bertz CT molecular complexity index is 217. The van der Waals surface area contributed by atoms with Crippen molar-refractivity contribution in [3.05, 3.63) is 0 Å². The summed E-state index contributed by atoms with van der Waals surface area (Å²) in [5, 5.41) is 6.82. The summed E-state index contributed by atoms with van der Waals surface area (Å²) in [4.78, 5) is 14.9. The lowest BCUT2D eigenvalue weighted by atomic mass is 10.2. The van der Waals surface area contributed by atoms with E-state index < -0.39 is 0 Å². The van der Waals surface area contributed by atoms with Crippen molar-refractivity contribution in [1.29, 1.82) is 0 Å². The van der Waals surface area contributed by atoms with Crippen molar-refractivity contribution in [1.82, 2.24) is 10.6 Å². The van der Waals surface area contributed by atoms with Gasteiger partial charge in [0.05, 0.1) is 0 Å². The smallest absolute Gasteiger partial charge is 0.220 e. The molecule has 1 fully saturated rings. The summed E-state index contributed by atoms with van der Waals surface area (Å²) >= 11 is 1.64. The molecule has 1 saturated heterocycles. The molecule has 0 spiro atoms. The number of rotatable bonds is 2. The fourth-order valence-corrected chi connectivity index (χ4v) is 2.11. The second-order valence-electron chi connectivity index (χ2n) is 2.89. The molecule has 1 unspecified atom stereocenters. The normalized spacial score (nSPS) is 23.1. The Morgan fingerprint density at radius 1 is 1.85 bits per heavy atom. The lowest BCUT2D eigenvalue weighted by Crippen LogP contribution is -2.28. The van der Waals surface area contributed by atoms with E-state index in [1.165, 1.54) is 0 Å². The van der Waals surface area contributed by atoms with Gasteiger partial charge in [-0.1, -0.05) is 11.8 Å². The third kappa shape index (κ3) is 3.26. The number of hydrogen-bond donors (Lipinski definition) is 2. The maximum Gasteiger partial charge on any atom is 0.220 e. The molecule has 0 saturated carbocycles. The van der Waals surface area contributed by atoms with E-state index in [1.807, 2.05) is 7.05 Å². The molecule has 5 heteroatoms. The van der Waals surface area contributed by atoms with Gasteiger partial charge >= 0.3 is 0 Å². The van der Waals surface area contributed by atoms with E-state index in [0.29, 0.717) is 12.5 Å². The highest BCUT2D eigenvalue weighted by molar-refractivity contribution is 8.13. The van der Waals surface area contributed by atoms with Gasteiger partial charge in [-0.25, -0.2) is 0 Å². The Morgan fingerprint density at radius 2 is 2.62 bits per heavy atom. The molecule has 0 bridgehead atoms. The zero-order valence-corrected chi connectivity index (χ0v) is 8.78. The summed E-state index contributed by atoms with van der Waals surface area (Å²) in [5.41, 5.74) is 0. The Balaban J connectivity index is 2.22. The molecule has 0 aromatic rings. The summed E-state index contributed by atoms with van der Waals surface area (Å²) in [6.07, 6.45) is 1.62. The Hall–Kier alpha value is -0.710. The molecule has 0 aromatic heterocycles. The summed E-state index contributed by atoms with van der Waals surface area (Å²) < 4.78 is 0. The van der Waals surface area contributed by atoms with Gasteiger partial charge in [-0.15, -0.1) is 0 Å². The molecule has 0 radical (unpaired) electrons. The Morgan fingerprint density at radius 3 is 3.08 bits per heavy atom. The van der Waals surface area contributed by atoms with Gasteiger partial charge in [0.1, 0.15) is 0 Å². The van der Waals surface area contributed by atoms with Gasteiger partial charge in [-0.2, -0.15) is 0 Å². The number of amidine groups is 1. The second-order valence-corrected chi connectivity index (χ2v) is 3.90. The number of carbonyl (C=O) groups excluding carboxylic acids is 1. The van der Waals surface area contributed by atoms with Crippen molar-refractivity contribution in [3.63, 3.8) is 0 Å². The van der Waals surface area contributed by atoms with Crippen LogP contribution in [0.4, 0.5) is 0 Å². The van der Waals surface area contributed by atoms with Crippen molar-refractivity contribution in [3.8, 4) is 0 Å². The quantitative estimate of drug-likeness (QED) is 0.496. The van der Waals surface area contributed by atoms with Crippen molar-refractivity contribution in [2.45, 2.75) is 18.9 Å². The van der Waals surface area contributed by atoms with Crippen LogP contribution >= 0.6 is 11.8 Å². The summed E-state index contributed by atoms with van der Waals surface area (Å²) in [6, 6.07) is 0.322. The van der Waals surface area contributed by atoms with Gasteiger partial charge in [-0.3, -0.25) is 9.79 Å². The van der Waals surface area contributed by atoms with Gasteiger partial charge in [-0.05, 0) is 6.42 Å². The molecule has 13 heavy (non-hydrogen) atoms. The number of nitrogens with one attached hydrogen (secondary N) is 2. The van der Waals surface area contributed by atoms with Gasteiger partial charge in [0.15, 0.2) is 5.17 Å². The first-order chi connectivity index (χ1) is 6.26. The molecular weight excluding hydrogens is 186 g/mol. The number of hydrogen-bond acceptors (Lipinski definition) is 3. The van der Waals surface area contributed by atoms with E-state index >= 15 is 0 Å². The highest BCUT2D eigenvalue weighted by atomic mass is 32.2. The standard InChI is InChI=1S/C8H15N3OS/c1-9-8(10-2)13-5-6-3-4-7(12)11-6/h6H,3-5H2,1-2H3,(H,9,10)(H,11,12). The van der Waals surface area contributed by atoms with E-state index in [4.69, 9.17) is 0 Å². The first-order valence-corrected chi connectivity index (χ1v) is 5.31. The average molecular weight is 201 g/mol. The van der Waals surface area contributed by atoms with E-state index in [2.05, 4.69) is 15.6 Å². The first-order valence-electron chi connectivity index (χ1n) is 4.33. The molecule has 1 amide bonds. The number of amides is 1. The highest BCUT2D eigenvalue weighted by Crippen LogP contribution is 2.12. The molecule has 1 atom stereocenters. The number of aliphatic imine (C=N–C) groups is 1. The van der Waals surface area contributed by atoms with Crippen LogP contribution in [0.15, 0.2) is 4.99 Å². The average Bonchev–Trinajstić information content (AvgIpc) is 2.53. The lowest BCUT2D eigenvalue weighted by molar-refractivity contribution is -0.119. The maximum absolute atomic E-state index is 10.9. The highest BCUT2D eigenvalue weighted by Gasteiger charge is 2.20. The third-order valence-corrected chi connectivity index (χ3v) is 3.15. The summed E-state index contributed by atoms with van der Waals surface area (Å²) in [7, 11) is 3.61. The molecule has 1 rings (SSSR count). The SMILES string of the molecule is CN=C(NC)SCC1CCC(=O)N1. The fraction of sp³-hybridized carbons (Fsp3) is 0.750. The number of nitrogens with zero attached hydrogens (tertiary/aromatic N) is 1. The van der Waals surface area contributed by atoms with Gasteiger partial charge < -0.3 is 10.6 Å². The fourth-order valence-electron chi connectivity index (χ4n) is 1.23. The molecule has 4 nitrogen and oxygen atoms in total. The molecule has 0 aliphatic carbocycles. The van der Waals surface area contributed by atoms with Crippen LogP contribution in [0.25, 0.3) is 0 Å². The van der Waals surface area contributed by atoms with Gasteiger partial charge in [0.25, 0.3) is 0 Å². The van der Waals surface area contributed by atoms with E-state index in [9.17, 15) is 4.79 Å². The summed E-state index contributed by atoms with van der Waals surface area (Å²) in [5.74, 6) is 1.07. The summed E-state index contributed by atoms with van der Waals surface area (Å²) in [6.45, 7) is 0. The van der Waals surface area contributed by atoms with Crippen LogP contribution in [-0.2, 0) is 4.79 Å². The Labute approximate surface area is 82.6 Å². The number of thioether (sulfide) groups is 1. The third-order valence-electron chi connectivity index (χ3n) is 1.92. The van der Waals surface area contributed by atoms with E-state index in [-0.39, 0.29) is 5.91 Å². The van der Waals surface area contributed by atoms with Crippen LogP contribution in [0, 0.1) is 0 Å². The van der Waals surface area contributed by atoms with Gasteiger partial charge in [0, 0.05) is 32.3 Å². The minimum Gasteiger partial charge on any atom is -0.368 e. The number of carbonyl (C=O) groups is 1. The van der Waals surface area contributed by atoms with Crippen LogP contribution in [0.1, 0.15) is 12.8 Å². The van der Waals surface area contributed by atoms with Crippen LogP contribution in [0.5, 0.6) is 0 Å². The van der Waals surface area contributed by atoms with Crippen LogP contribution in [0.2, 0.25) is 0 Å². The zero-order valence-electron chi connectivity index (χ0n) is 7.96. The minimum atomic E-state index is 0.171. The molecule has 2 N–H and O–H groups in total. The van der Waals surface area contributed by atoms with Crippen LogP contribution < -0.4 is 10.6 Å². The predicted molar refractivity (Wildman–Crippen MR) is 56.0 cm³/mol. The van der Waals surface area contributed by atoms with E-state index in [1.54, 1.807) is 18.8 Å². The zero-order chi connectivity index (χ0) is 9.68. The lowest BCUT2D eigenvalue weighted by Gasteiger charge is -2.09. The largest absolute Gasteiger partial charge is 0.368 e. The van der Waals surface area contributed by atoms with Crippen molar-refractivity contribution in [2.24, 2.45) is 4.99 Å². The molecule has 0 aromatic carbocycles. The predicted octanol–water partition coefficient (Wildman–Crippen LogP) is 0.203. The van der Waals surface area contributed by atoms with Crippen molar-refractivity contribution in [2.75, 3.05) is 19.8 Å². The first kappa shape index (κ1) is 10.4. The molecule has 1 aliphatic rings. The van der Waals surface area contributed by atoms with Crippen molar-refractivity contribution >= 4 is 22.8 Å². The van der Waals surface area contributed by atoms with E-state index in [0.717, 1.165) is 17.3 Å². The molecule has 1 heterocycles. The van der Waals surface area contributed by atoms with Crippen LogP contribution in [0.3, 0.4) is 0 Å². The second kappa shape index (κ2) is 5.11. The van der Waals surface area contributed by atoms with Crippen LogP contribution in [-0.4, -0.2) is 37.0 Å². The Kier molecular flexibility index (Phi) is 4.08. The minimum absolute atomic E-state index is 0.171. The monoisotopic (exact) mass is 201 g/mol.